The van der Waals surface area contributed by atoms with Gasteiger partial charge in [-0.25, -0.2) is 4.98 Å². The van der Waals surface area contributed by atoms with Gasteiger partial charge in [0.2, 0.25) is 0 Å². The third-order valence-corrected chi connectivity index (χ3v) is 3.74. The van der Waals surface area contributed by atoms with E-state index in [1.807, 2.05) is 6.07 Å². The average Bonchev–Trinajstić information content (AvgIpc) is 3.17. The maximum absolute atomic E-state index is 8.98. The number of hydrogen-bond donors (Lipinski definition) is 2. The summed E-state index contributed by atoms with van der Waals surface area (Å²) in [6.45, 7) is 0. The Balaban J connectivity index is 1.86. The van der Waals surface area contributed by atoms with E-state index in [-0.39, 0.29) is 12.3 Å². The summed E-state index contributed by atoms with van der Waals surface area (Å²) >= 11 is 6.23. The summed E-state index contributed by atoms with van der Waals surface area (Å²) in [5, 5.41) is 16.1. The third-order valence-electron chi connectivity index (χ3n) is 3.41. The molecular formula is C14H9ClN4O. The molecule has 0 spiro atoms. The van der Waals surface area contributed by atoms with Gasteiger partial charge in [-0.15, -0.1) is 0 Å². The van der Waals surface area contributed by atoms with Crippen molar-refractivity contribution in [1.29, 1.82) is 5.26 Å². The van der Waals surface area contributed by atoms with Crippen molar-refractivity contribution in [1.82, 2.24) is 4.98 Å². The Kier molecular flexibility index (Phi) is 2.36. The zero-order valence-electron chi connectivity index (χ0n) is 10.2. The molecule has 0 amide bonds. The van der Waals surface area contributed by atoms with Crippen LogP contribution < -0.4 is 10.6 Å². The van der Waals surface area contributed by atoms with Gasteiger partial charge in [0, 0.05) is 11.8 Å². The zero-order valence-corrected chi connectivity index (χ0v) is 11.0. The molecule has 0 radical (unpaired) electrons. The van der Waals surface area contributed by atoms with Crippen LogP contribution in [0.1, 0.15) is 17.2 Å². The van der Waals surface area contributed by atoms with E-state index in [4.69, 9.17) is 21.6 Å². The van der Waals surface area contributed by atoms with Gasteiger partial charge < -0.3 is 15.4 Å². The molecule has 98 valence electrons. The minimum atomic E-state index is -0.134. The fraction of sp³-hybridized carbons (Fsp3) is 0.143. The predicted octanol–water partition coefficient (Wildman–Crippen LogP) is 3.17. The molecule has 2 aromatic rings. The van der Waals surface area contributed by atoms with Crippen molar-refractivity contribution in [2.45, 2.75) is 12.3 Å². The number of anilines is 3. The number of nitriles is 1. The van der Waals surface area contributed by atoms with Gasteiger partial charge in [-0.2, -0.15) is 5.26 Å². The van der Waals surface area contributed by atoms with Gasteiger partial charge in [0.05, 0.1) is 28.0 Å². The van der Waals surface area contributed by atoms with Crippen molar-refractivity contribution in [3.05, 3.63) is 46.6 Å². The summed E-state index contributed by atoms with van der Waals surface area (Å²) < 4.78 is 5.62. The number of rotatable bonds is 0. The number of pyridine rings is 1. The van der Waals surface area contributed by atoms with Gasteiger partial charge >= 0.3 is 0 Å². The van der Waals surface area contributed by atoms with Crippen molar-refractivity contribution < 1.29 is 4.74 Å². The van der Waals surface area contributed by atoms with Crippen LogP contribution in [0.3, 0.4) is 0 Å². The molecule has 0 aliphatic carbocycles. The number of epoxide rings is 1. The van der Waals surface area contributed by atoms with Crippen LogP contribution in [0.4, 0.5) is 17.2 Å². The predicted molar refractivity (Wildman–Crippen MR) is 74.9 cm³/mol. The Morgan fingerprint density at radius 2 is 2.20 bits per heavy atom. The molecule has 2 aliphatic heterocycles. The van der Waals surface area contributed by atoms with Crippen LogP contribution >= 0.6 is 11.6 Å². The molecule has 2 atom stereocenters. The highest BCUT2D eigenvalue weighted by Crippen LogP contribution is 2.48. The average molecular weight is 285 g/mol. The first-order valence-electron chi connectivity index (χ1n) is 6.14. The summed E-state index contributed by atoms with van der Waals surface area (Å²) in [5.41, 5.74) is 3.12. The van der Waals surface area contributed by atoms with Crippen LogP contribution in [-0.2, 0) is 4.74 Å². The van der Waals surface area contributed by atoms with Crippen LogP contribution in [0.15, 0.2) is 30.5 Å². The van der Waals surface area contributed by atoms with Crippen LogP contribution in [-0.4, -0.2) is 11.2 Å². The highest BCUT2D eigenvalue weighted by atomic mass is 35.5. The summed E-state index contributed by atoms with van der Waals surface area (Å²) in [6.07, 6.45) is 1.41. The van der Waals surface area contributed by atoms with Gasteiger partial charge in [-0.3, -0.25) is 0 Å². The fourth-order valence-corrected chi connectivity index (χ4v) is 2.64. The molecule has 1 fully saturated rings. The molecule has 2 aliphatic rings. The van der Waals surface area contributed by atoms with Crippen LogP contribution in [0.25, 0.3) is 0 Å². The smallest absolute Gasteiger partial charge is 0.159 e. The first kappa shape index (κ1) is 11.5. The lowest BCUT2D eigenvalue weighted by Crippen LogP contribution is -2.12. The van der Waals surface area contributed by atoms with Crippen molar-refractivity contribution in [3.8, 4) is 6.07 Å². The third kappa shape index (κ3) is 1.70. The fourth-order valence-electron chi connectivity index (χ4n) is 2.38. The largest absolute Gasteiger partial charge is 0.356 e. The zero-order chi connectivity index (χ0) is 13.7. The first-order valence-corrected chi connectivity index (χ1v) is 6.51. The maximum Gasteiger partial charge on any atom is 0.159 e. The molecule has 5 nitrogen and oxygen atoms in total. The summed E-state index contributed by atoms with van der Waals surface area (Å²) in [5.74, 6) is 0.692. The lowest BCUT2D eigenvalue weighted by atomic mass is 10.1. The SMILES string of the molecule is N#Cc1ccc2c(c1)NC1OC1c1c(Cl)ccnc1N2. The van der Waals surface area contributed by atoms with E-state index in [0.29, 0.717) is 16.4 Å². The summed E-state index contributed by atoms with van der Waals surface area (Å²) in [4.78, 5) is 4.33. The number of aromatic nitrogens is 1. The maximum atomic E-state index is 8.98. The van der Waals surface area contributed by atoms with Crippen LogP contribution in [0.2, 0.25) is 5.02 Å². The summed E-state index contributed by atoms with van der Waals surface area (Å²) in [7, 11) is 0. The second-order valence-electron chi connectivity index (χ2n) is 4.67. The van der Waals surface area contributed by atoms with E-state index < -0.39 is 0 Å². The van der Waals surface area contributed by atoms with Gasteiger partial charge in [0.25, 0.3) is 0 Å². The van der Waals surface area contributed by atoms with Crippen molar-refractivity contribution >= 4 is 28.8 Å². The highest BCUT2D eigenvalue weighted by molar-refractivity contribution is 6.31. The van der Waals surface area contributed by atoms with Crippen molar-refractivity contribution in [2.24, 2.45) is 0 Å². The molecule has 3 heterocycles. The van der Waals surface area contributed by atoms with E-state index in [2.05, 4.69) is 21.7 Å². The highest BCUT2D eigenvalue weighted by Gasteiger charge is 2.45. The first-order chi connectivity index (χ1) is 9.76. The Morgan fingerprint density at radius 1 is 1.30 bits per heavy atom. The Labute approximate surface area is 120 Å². The second kappa shape index (κ2) is 4.10. The molecule has 4 rings (SSSR count). The quantitative estimate of drug-likeness (QED) is 0.727. The van der Waals surface area contributed by atoms with Gasteiger partial charge in [0.15, 0.2) is 6.23 Å². The standard InChI is InChI=1S/C14H9ClN4O/c15-8-3-4-17-13-11(8)12-14(20-12)19-10-5-7(6-16)1-2-9(10)18-13/h1-5,12,14,19H,(H,17,18). The normalized spacial score (nSPS) is 21.8. The lowest BCUT2D eigenvalue weighted by molar-refractivity contribution is 0.387. The number of ether oxygens (including phenoxy) is 1. The van der Waals surface area contributed by atoms with Crippen LogP contribution in [0, 0.1) is 11.3 Å². The Hall–Kier alpha value is -2.29. The molecule has 0 bridgehead atoms. The van der Waals surface area contributed by atoms with Crippen molar-refractivity contribution in [3.63, 3.8) is 0 Å². The second-order valence-corrected chi connectivity index (χ2v) is 5.08. The molecule has 0 saturated carbocycles. The Morgan fingerprint density at radius 3 is 3.05 bits per heavy atom. The minimum Gasteiger partial charge on any atom is -0.356 e. The van der Waals surface area contributed by atoms with Gasteiger partial charge in [-0.1, -0.05) is 11.6 Å². The van der Waals surface area contributed by atoms with E-state index in [1.54, 1.807) is 24.4 Å². The van der Waals surface area contributed by atoms with Crippen LogP contribution in [0.5, 0.6) is 0 Å². The molecule has 1 aromatic heterocycles. The molecule has 1 aromatic carbocycles. The number of halogens is 1. The Bertz CT molecular complexity index is 755. The molecule has 20 heavy (non-hydrogen) atoms. The minimum absolute atomic E-state index is 0.113. The molecule has 2 unspecified atom stereocenters. The number of nitrogens with one attached hydrogen (secondary N) is 2. The number of benzene rings is 1. The van der Waals surface area contributed by atoms with Gasteiger partial charge in [-0.05, 0) is 24.3 Å². The number of nitrogens with zero attached hydrogens (tertiary/aromatic N) is 2. The number of hydrogen-bond acceptors (Lipinski definition) is 5. The number of fused-ring (bicyclic) bond motifs is 4. The lowest BCUT2D eigenvalue weighted by Gasteiger charge is -2.17. The van der Waals surface area contributed by atoms with E-state index in [9.17, 15) is 0 Å². The molecule has 1 saturated heterocycles. The molecule has 6 heteroatoms. The van der Waals surface area contributed by atoms with E-state index in [0.717, 1.165) is 16.9 Å². The monoisotopic (exact) mass is 284 g/mol. The topological polar surface area (TPSA) is 73.3 Å². The molecule has 2 N–H and O–H groups in total. The van der Waals surface area contributed by atoms with Crippen molar-refractivity contribution in [2.75, 3.05) is 10.6 Å². The van der Waals surface area contributed by atoms with Gasteiger partial charge in [0.1, 0.15) is 11.9 Å². The summed E-state index contributed by atoms with van der Waals surface area (Å²) in [6, 6.07) is 9.26. The van der Waals surface area contributed by atoms with E-state index >= 15 is 0 Å². The molecular weight excluding hydrogens is 276 g/mol. The van der Waals surface area contributed by atoms with E-state index in [1.165, 1.54) is 0 Å².